The number of esters is 1. The van der Waals surface area contributed by atoms with Gasteiger partial charge in [0.25, 0.3) is 0 Å². The summed E-state index contributed by atoms with van der Waals surface area (Å²) in [6.07, 6.45) is 8.57. The minimum absolute atomic E-state index is 0.159. The van der Waals surface area contributed by atoms with E-state index in [1.165, 1.54) is 0 Å². The highest BCUT2D eigenvalue weighted by Crippen LogP contribution is 2.00. The Morgan fingerprint density at radius 3 is 1.13 bits per heavy atom. The van der Waals surface area contributed by atoms with Crippen molar-refractivity contribution in [3.05, 3.63) is 0 Å². The molecule has 11 nitrogen and oxygen atoms in total. The van der Waals surface area contributed by atoms with Gasteiger partial charge in [-0.05, 0) is 6.42 Å². The van der Waals surface area contributed by atoms with Gasteiger partial charge in [0, 0.05) is 6.42 Å². The number of ether oxygens (including phenoxy) is 10. The minimum Gasteiger partial charge on any atom is -0.463 e. The molecule has 0 N–H and O–H groups in total. The van der Waals surface area contributed by atoms with Crippen LogP contribution in [0.2, 0.25) is 0 Å². The first kappa shape index (κ1) is 36.7. The number of carbonyl (C=O) groups excluding carboxylic acids is 1. The van der Waals surface area contributed by atoms with Crippen LogP contribution in [-0.4, -0.2) is 132 Å². The van der Waals surface area contributed by atoms with Crippen LogP contribution in [0.4, 0.5) is 0 Å². The highest BCUT2D eigenvalue weighted by Gasteiger charge is 2.01. The fraction of sp³-hybridized carbons (Fsp3) is 0.889. The maximum atomic E-state index is 11.4. The summed E-state index contributed by atoms with van der Waals surface area (Å²) >= 11 is 0. The van der Waals surface area contributed by atoms with Gasteiger partial charge in [-0.1, -0.05) is 25.7 Å². The van der Waals surface area contributed by atoms with Crippen LogP contribution in [0, 0.1) is 12.3 Å². The van der Waals surface area contributed by atoms with Crippen molar-refractivity contribution >= 4 is 5.97 Å². The molecule has 0 amide bonds. The molecule has 0 saturated carbocycles. The second kappa shape index (κ2) is 33.7. The number of unbranched alkanes of at least 4 members (excludes halogenated alkanes) is 2. The normalized spacial score (nSPS) is 11.1. The van der Waals surface area contributed by atoms with Crippen molar-refractivity contribution in [2.45, 2.75) is 32.6 Å². The van der Waals surface area contributed by atoms with Gasteiger partial charge in [0.2, 0.25) is 0 Å². The van der Waals surface area contributed by atoms with Crippen LogP contribution in [0.3, 0.4) is 0 Å². The van der Waals surface area contributed by atoms with E-state index < -0.39 is 0 Å². The minimum atomic E-state index is -0.159. The molecule has 0 aliphatic rings. The number of terminal acetylenes is 1. The van der Waals surface area contributed by atoms with Gasteiger partial charge < -0.3 is 47.4 Å². The number of hydrogen-bond donors (Lipinski definition) is 0. The highest BCUT2D eigenvalue weighted by atomic mass is 16.6. The molecule has 38 heavy (non-hydrogen) atoms. The average molecular weight is 551 g/mol. The van der Waals surface area contributed by atoms with E-state index in [9.17, 15) is 4.79 Å². The number of carbonyl (C=O) groups is 1. The summed E-state index contributed by atoms with van der Waals surface area (Å²) in [5.74, 6) is 2.23. The smallest absolute Gasteiger partial charge is 0.305 e. The third kappa shape index (κ3) is 32.7. The molecule has 0 spiro atoms. The van der Waals surface area contributed by atoms with Crippen molar-refractivity contribution < 1.29 is 52.2 Å². The number of rotatable bonds is 32. The molecule has 0 unspecified atom stereocenters. The van der Waals surface area contributed by atoms with E-state index in [4.69, 9.17) is 53.8 Å². The summed E-state index contributed by atoms with van der Waals surface area (Å²) in [4.78, 5) is 11.4. The Kier molecular flexibility index (Phi) is 32.5. The van der Waals surface area contributed by atoms with Crippen LogP contribution in [0.15, 0.2) is 0 Å². The molecule has 0 heterocycles. The molecule has 224 valence electrons. The lowest BCUT2D eigenvalue weighted by molar-refractivity contribution is -0.145. The quantitative estimate of drug-likeness (QED) is 0.0696. The van der Waals surface area contributed by atoms with Crippen LogP contribution in [0.1, 0.15) is 32.6 Å². The summed E-state index contributed by atoms with van der Waals surface area (Å²) in [6.45, 7) is 11.0. The average Bonchev–Trinajstić information content (AvgIpc) is 2.92. The van der Waals surface area contributed by atoms with Crippen LogP contribution >= 0.6 is 0 Å². The Hall–Kier alpha value is -1.33. The second-order valence-corrected chi connectivity index (χ2v) is 7.83. The lowest BCUT2D eigenvalue weighted by atomic mass is 10.2. The molecule has 0 aliphatic carbocycles. The molecule has 0 bridgehead atoms. The molecule has 0 aromatic carbocycles. The molecule has 0 atom stereocenters. The van der Waals surface area contributed by atoms with Gasteiger partial charge in [0.05, 0.1) is 112 Å². The summed E-state index contributed by atoms with van der Waals surface area (Å²) in [7, 11) is 0. The topological polar surface area (TPSA) is 109 Å². The maximum Gasteiger partial charge on any atom is 0.305 e. The van der Waals surface area contributed by atoms with Gasteiger partial charge in [-0.15, -0.1) is 6.42 Å². The van der Waals surface area contributed by atoms with Gasteiger partial charge in [0.1, 0.15) is 13.2 Å². The third-order valence-electron chi connectivity index (χ3n) is 4.64. The largest absolute Gasteiger partial charge is 0.463 e. The SMILES string of the molecule is C#CCOCCOCCOCCOCCOCCOCCOCCOCCOCCOC(=O)CCCCC. The maximum absolute atomic E-state index is 11.4. The fourth-order valence-corrected chi connectivity index (χ4v) is 2.70. The van der Waals surface area contributed by atoms with Crippen molar-refractivity contribution in [2.24, 2.45) is 0 Å². The standard InChI is InChI=1S/C27H50O11/c1-3-5-6-7-27(28)38-26-25-37-24-23-36-22-21-35-20-19-34-18-17-33-16-15-32-14-13-31-12-11-30-10-9-29-8-4-2/h2H,3,5-26H2,1H3. The van der Waals surface area contributed by atoms with Gasteiger partial charge in [-0.25, -0.2) is 0 Å². The second-order valence-electron chi connectivity index (χ2n) is 7.83. The zero-order valence-electron chi connectivity index (χ0n) is 23.3. The molecule has 11 heteroatoms. The van der Waals surface area contributed by atoms with Crippen molar-refractivity contribution in [2.75, 3.05) is 126 Å². The Labute approximate surface area is 229 Å². The zero-order chi connectivity index (χ0) is 27.6. The van der Waals surface area contributed by atoms with Crippen molar-refractivity contribution in [3.63, 3.8) is 0 Å². The number of hydrogen-bond acceptors (Lipinski definition) is 11. The summed E-state index contributed by atoms with van der Waals surface area (Å²) < 4.78 is 53.4. The zero-order valence-corrected chi connectivity index (χ0v) is 23.3. The Balaban J connectivity index is 3.07. The highest BCUT2D eigenvalue weighted by molar-refractivity contribution is 5.69. The summed E-state index contributed by atoms with van der Waals surface area (Å²) in [5, 5.41) is 0. The Bertz CT molecular complexity index is 514. The van der Waals surface area contributed by atoms with Crippen LogP contribution in [0.25, 0.3) is 0 Å². The lowest BCUT2D eigenvalue weighted by Gasteiger charge is -2.09. The molecule has 0 rings (SSSR count). The molecule has 0 aromatic heterocycles. The monoisotopic (exact) mass is 550 g/mol. The predicted molar refractivity (Wildman–Crippen MR) is 141 cm³/mol. The molecular weight excluding hydrogens is 500 g/mol. The first-order valence-electron chi connectivity index (χ1n) is 13.6. The van der Waals surface area contributed by atoms with Gasteiger partial charge in [-0.2, -0.15) is 0 Å². The van der Waals surface area contributed by atoms with Gasteiger partial charge >= 0.3 is 5.97 Å². The van der Waals surface area contributed by atoms with E-state index in [1.54, 1.807) is 0 Å². The summed E-state index contributed by atoms with van der Waals surface area (Å²) in [5.41, 5.74) is 0. The van der Waals surface area contributed by atoms with E-state index in [0.29, 0.717) is 125 Å². The van der Waals surface area contributed by atoms with E-state index >= 15 is 0 Å². The van der Waals surface area contributed by atoms with Gasteiger partial charge in [-0.3, -0.25) is 4.79 Å². The molecular formula is C27H50O11. The van der Waals surface area contributed by atoms with E-state index in [2.05, 4.69) is 12.8 Å². The predicted octanol–water partition coefficient (Wildman–Crippen LogP) is 1.89. The van der Waals surface area contributed by atoms with Crippen LogP contribution in [0.5, 0.6) is 0 Å². The Morgan fingerprint density at radius 1 is 0.500 bits per heavy atom. The molecule has 0 radical (unpaired) electrons. The molecule has 0 aromatic rings. The van der Waals surface area contributed by atoms with E-state index in [0.717, 1.165) is 19.3 Å². The molecule has 0 fully saturated rings. The summed E-state index contributed by atoms with van der Waals surface area (Å²) in [6, 6.07) is 0. The van der Waals surface area contributed by atoms with E-state index in [1.807, 2.05) is 0 Å². The van der Waals surface area contributed by atoms with Crippen LogP contribution < -0.4 is 0 Å². The third-order valence-corrected chi connectivity index (χ3v) is 4.64. The molecule has 0 aliphatic heterocycles. The van der Waals surface area contributed by atoms with Crippen LogP contribution in [-0.2, 0) is 52.2 Å². The first-order chi connectivity index (χ1) is 18.8. The van der Waals surface area contributed by atoms with Gasteiger partial charge in [0.15, 0.2) is 0 Å². The van der Waals surface area contributed by atoms with E-state index in [-0.39, 0.29) is 12.6 Å². The van der Waals surface area contributed by atoms with Crippen molar-refractivity contribution in [1.29, 1.82) is 0 Å². The lowest BCUT2D eigenvalue weighted by Crippen LogP contribution is -2.15. The Morgan fingerprint density at radius 2 is 0.816 bits per heavy atom. The van der Waals surface area contributed by atoms with Crippen molar-refractivity contribution in [1.82, 2.24) is 0 Å². The first-order valence-corrected chi connectivity index (χ1v) is 13.6. The fourth-order valence-electron chi connectivity index (χ4n) is 2.70. The molecule has 0 saturated heterocycles. The van der Waals surface area contributed by atoms with Crippen molar-refractivity contribution in [3.8, 4) is 12.3 Å².